The van der Waals surface area contributed by atoms with Gasteiger partial charge in [-0.2, -0.15) is 0 Å². The summed E-state index contributed by atoms with van der Waals surface area (Å²) < 4.78 is 4.97. The maximum absolute atomic E-state index is 11.7. The predicted octanol–water partition coefficient (Wildman–Crippen LogP) is 2.47. The lowest BCUT2D eigenvalue weighted by atomic mass is 10.1. The zero-order valence-corrected chi connectivity index (χ0v) is 10.8. The number of terminal acetylenes is 1. The molecule has 0 aliphatic heterocycles. The molecule has 1 heterocycles. The van der Waals surface area contributed by atoms with Crippen molar-refractivity contribution in [3.05, 3.63) is 23.9 Å². The van der Waals surface area contributed by atoms with Crippen molar-refractivity contribution in [2.75, 3.05) is 11.9 Å². The fourth-order valence-corrected chi connectivity index (χ4v) is 1.54. The van der Waals surface area contributed by atoms with E-state index in [1.165, 1.54) is 0 Å². The van der Waals surface area contributed by atoms with E-state index < -0.39 is 0 Å². The Morgan fingerprint density at radius 3 is 3.00 bits per heavy atom. The third kappa shape index (κ3) is 3.77. The standard InChI is InChI=1S/C14H18N2O2/c1-4-8-11(5-2)16-13-12(9-7-10-15-13)14(17)18-6-3/h2,7,9-11H,4,6,8H2,1,3H3,(H,15,16). The van der Waals surface area contributed by atoms with Crippen molar-refractivity contribution in [1.29, 1.82) is 0 Å². The Morgan fingerprint density at radius 2 is 2.39 bits per heavy atom. The number of carbonyl (C=O) groups is 1. The van der Waals surface area contributed by atoms with Crippen LogP contribution in [-0.4, -0.2) is 23.6 Å². The molecule has 0 amide bonds. The molecule has 0 radical (unpaired) electrons. The number of aromatic nitrogens is 1. The molecule has 1 N–H and O–H groups in total. The summed E-state index contributed by atoms with van der Waals surface area (Å²) in [5.41, 5.74) is 0.413. The predicted molar refractivity (Wildman–Crippen MR) is 71.3 cm³/mol. The number of rotatable bonds is 6. The van der Waals surface area contributed by atoms with Gasteiger partial charge in [0.05, 0.1) is 12.6 Å². The van der Waals surface area contributed by atoms with E-state index in [-0.39, 0.29) is 12.0 Å². The third-order valence-electron chi connectivity index (χ3n) is 2.39. The number of hydrogen-bond donors (Lipinski definition) is 1. The second-order valence-electron chi connectivity index (χ2n) is 3.77. The number of carbonyl (C=O) groups excluding carboxylic acids is 1. The van der Waals surface area contributed by atoms with Gasteiger partial charge in [0.2, 0.25) is 0 Å². The Kier molecular flexibility index (Phi) is 5.72. The largest absolute Gasteiger partial charge is 0.462 e. The van der Waals surface area contributed by atoms with Gasteiger partial charge in [-0.25, -0.2) is 9.78 Å². The summed E-state index contributed by atoms with van der Waals surface area (Å²) in [6.07, 6.45) is 8.84. The molecule has 1 atom stereocenters. The maximum Gasteiger partial charge on any atom is 0.341 e. The van der Waals surface area contributed by atoms with Crippen LogP contribution in [0.1, 0.15) is 37.0 Å². The number of hydrogen-bond acceptors (Lipinski definition) is 4. The van der Waals surface area contributed by atoms with Crippen LogP contribution in [0.25, 0.3) is 0 Å². The second-order valence-corrected chi connectivity index (χ2v) is 3.77. The van der Waals surface area contributed by atoms with Crippen LogP contribution >= 0.6 is 0 Å². The van der Waals surface area contributed by atoms with Gasteiger partial charge < -0.3 is 10.1 Å². The molecule has 96 valence electrons. The van der Waals surface area contributed by atoms with Crippen LogP contribution in [0.5, 0.6) is 0 Å². The van der Waals surface area contributed by atoms with Crippen LogP contribution in [0.4, 0.5) is 5.82 Å². The monoisotopic (exact) mass is 246 g/mol. The van der Waals surface area contributed by atoms with Gasteiger partial charge in [0, 0.05) is 6.20 Å². The summed E-state index contributed by atoms with van der Waals surface area (Å²) in [6, 6.07) is 3.24. The van der Waals surface area contributed by atoms with E-state index in [0.717, 1.165) is 12.8 Å². The zero-order chi connectivity index (χ0) is 13.4. The average molecular weight is 246 g/mol. The van der Waals surface area contributed by atoms with Gasteiger partial charge in [-0.1, -0.05) is 19.3 Å². The maximum atomic E-state index is 11.7. The van der Waals surface area contributed by atoms with Gasteiger partial charge in [-0.15, -0.1) is 6.42 Å². The van der Waals surface area contributed by atoms with Gasteiger partial charge in [0.15, 0.2) is 0 Å². The molecule has 0 fully saturated rings. The Bertz CT molecular complexity index is 438. The number of pyridine rings is 1. The smallest absolute Gasteiger partial charge is 0.341 e. The number of ether oxygens (including phenoxy) is 1. The fraction of sp³-hybridized carbons (Fsp3) is 0.429. The average Bonchev–Trinajstić information content (AvgIpc) is 2.39. The molecule has 0 spiro atoms. The molecule has 0 saturated carbocycles. The van der Waals surface area contributed by atoms with Gasteiger partial charge in [0.25, 0.3) is 0 Å². The molecular formula is C14H18N2O2. The molecule has 1 aromatic rings. The lowest BCUT2D eigenvalue weighted by molar-refractivity contribution is 0.0527. The minimum absolute atomic E-state index is 0.127. The lowest BCUT2D eigenvalue weighted by Gasteiger charge is -2.15. The van der Waals surface area contributed by atoms with Crippen LogP contribution < -0.4 is 5.32 Å². The van der Waals surface area contributed by atoms with Gasteiger partial charge in [-0.3, -0.25) is 0 Å². The van der Waals surface area contributed by atoms with Crippen molar-refractivity contribution in [1.82, 2.24) is 4.98 Å². The Balaban J connectivity index is 2.88. The molecule has 0 aliphatic carbocycles. The Labute approximate surface area is 108 Å². The molecular weight excluding hydrogens is 228 g/mol. The second kappa shape index (κ2) is 7.33. The molecule has 0 bridgehead atoms. The normalized spacial score (nSPS) is 11.4. The van der Waals surface area contributed by atoms with E-state index in [4.69, 9.17) is 11.2 Å². The summed E-state index contributed by atoms with van der Waals surface area (Å²) in [7, 11) is 0. The Hall–Kier alpha value is -2.02. The molecule has 1 rings (SSSR count). The van der Waals surface area contributed by atoms with E-state index >= 15 is 0 Å². The topological polar surface area (TPSA) is 51.2 Å². The molecule has 0 saturated heterocycles. The van der Waals surface area contributed by atoms with Crippen LogP contribution in [0.15, 0.2) is 18.3 Å². The van der Waals surface area contributed by atoms with Crippen molar-refractivity contribution in [3.63, 3.8) is 0 Å². The third-order valence-corrected chi connectivity index (χ3v) is 2.39. The van der Waals surface area contributed by atoms with E-state index in [2.05, 4.69) is 23.1 Å². The van der Waals surface area contributed by atoms with Crippen molar-refractivity contribution in [2.24, 2.45) is 0 Å². The first kappa shape index (κ1) is 14.0. The van der Waals surface area contributed by atoms with Crippen LogP contribution in [0.2, 0.25) is 0 Å². The summed E-state index contributed by atoms with van der Waals surface area (Å²) in [5, 5.41) is 3.09. The van der Waals surface area contributed by atoms with Crippen molar-refractivity contribution in [2.45, 2.75) is 32.7 Å². The van der Waals surface area contributed by atoms with Gasteiger partial charge in [0.1, 0.15) is 11.4 Å². The van der Waals surface area contributed by atoms with Crippen molar-refractivity contribution < 1.29 is 9.53 Å². The first-order chi connectivity index (χ1) is 8.72. The zero-order valence-electron chi connectivity index (χ0n) is 10.8. The fourth-order valence-electron chi connectivity index (χ4n) is 1.54. The van der Waals surface area contributed by atoms with Gasteiger partial charge >= 0.3 is 5.97 Å². The minimum Gasteiger partial charge on any atom is -0.462 e. The highest BCUT2D eigenvalue weighted by Crippen LogP contribution is 2.15. The summed E-state index contributed by atoms with van der Waals surface area (Å²) in [4.78, 5) is 15.9. The molecule has 0 aliphatic rings. The first-order valence-electron chi connectivity index (χ1n) is 6.07. The SMILES string of the molecule is C#CC(CCC)Nc1ncccc1C(=O)OCC. The highest BCUT2D eigenvalue weighted by atomic mass is 16.5. The highest BCUT2D eigenvalue weighted by Gasteiger charge is 2.15. The van der Waals surface area contributed by atoms with E-state index in [9.17, 15) is 4.79 Å². The number of esters is 1. The van der Waals surface area contributed by atoms with Gasteiger partial charge in [-0.05, 0) is 25.5 Å². The quantitative estimate of drug-likeness (QED) is 0.619. The van der Waals surface area contributed by atoms with E-state index in [1.54, 1.807) is 25.3 Å². The minimum atomic E-state index is -0.389. The van der Waals surface area contributed by atoms with Crippen molar-refractivity contribution in [3.8, 4) is 12.3 Å². The van der Waals surface area contributed by atoms with E-state index in [1.807, 2.05) is 0 Å². The molecule has 0 aromatic carbocycles. The molecule has 1 unspecified atom stereocenters. The lowest BCUT2D eigenvalue weighted by Crippen LogP contribution is -2.20. The molecule has 1 aromatic heterocycles. The first-order valence-corrected chi connectivity index (χ1v) is 6.07. The molecule has 4 heteroatoms. The Morgan fingerprint density at radius 1 is 1.61 bits per heavy atom. The van der Waals surface area contributed by atoms with Crippen LogP contribution in [-0.2, 0) is 4.74 Å². The van der Waals surface area contributed by atoms with Crippen molar-refractivity contribution >= 4 is 11.8 Å². The van der Waals surface area contributed by atoms with E-state index in [0.29, 0.717) is 18.0 Å². The van der Waals surface area contributed by atoms with Crippen LogP contribution in [0, 0.1) is 12.3 Å². The highest BCUT2D eigenvalue weighted by molar-refractivity contribution is 5.94. The number of nitrogens with zero attached hydrogens (tertiary/aromatic N) is 1. The molecule has 4 nitrogen and oxygen atoms in total. The summed E-state index contributed by atoms with van der Waals surface area (Å²) in [6.45, 7) is 4.15. The number of anilines is 1. The summed E-state index contributed by atoms with van der Waals surface area (Å²) >= 11 is 0. The van der Waals surface area contributed by atoms with Crippen LogP contribution in [0.3, 0.4) is 0 Å². The number of nitrogens with one attached hydrogen (secondary N) is 1. The summed E-state index contributed by atoms with van der Waals surface area (Å²) in [5.74, 6) is 2.74. The molecule has 18 heavy (non-hydrogen) atoms.